The van der Waals surface area contributed by atoms with Gasteiger partial charge >= 0.3 is 0 Å². The van der Waals surface area contributed by atoms with E-state index in [1.54, 1.807) is 0 Å². The first-order chi connectivity index (χ1) is 20.1. The Morgan fingerprint density at radius 3 is 2.19 bits per heavy atom. The number of nitrogens with zero attached hydrogens (tertiary/aromatic N) is 4. The molecule has 3 aromatic heterocycles. The van der Waals surface area contributed by atoms with Crippen molar-refractivity contribution < 1.29 is 21.1 Å². The van der Waals surface area contributed by atoms with Crippen molar-refractivity contribution in [3.63, 3.8) is 0 Å². The Balaban J connectivity index is 0.00000329. The minimum Gasteiger partial charge on any atom is -0.319 e. The van der Waals surface area contributed by atoms with Crippen molar-refractivity contribution in [2.45, 2.75) is 46.3 Å². The van der Waals surface area contributed by atoms with Crippen LogP contribution in [0.15, 0.2) is 104 Å². The summed E-state index contributed by atoms with van der Waals surface area (Å²) < 4.78 is 6.90. The Kier molecular flexibility index (Phi) is 7.31. The Bertz CT molecular complexity index is 2130. The van der Waals surface area contributed by atoms with Crippen LogP contribution < -0.4 is 10.4 Å². The maximum Gasteiger partial charge on any atom is 0.188 e. The zero-order chi connectivity index (χ0) is 29.2. The van der Waals surface area contributed by atoms with Crippen molar-refractivity contribution in [1.82, 2.24) is 18.7 Å². The fraction of sp³-hybridized carbons (Fsp3) is 0.189. The van der Waals surface area contributed by atoms with E-state index in [2.05, 4.69) is 158 Å². The van der Waals surface area contributed by atoms with E-state index < -0.39 is 8.07 Å². The summed E-state index contributed by atoms with van der Waals surface area (Å²) >= 11 is 0. The molecule has 0 radical (unpaired) electrons. The molecule has 7 rings (SSSR count). The van der Waals surface area contributed by atoms with E-state index in [-0.39, 0.29) is 26.6 Å². The molecule has 0 saturated heterocycles. The molecule has 3 heterocycles. The van der Waals surface area contributed by atoms with Crippen molar-refractivity contribution in [3.8, 4) is 11.5 Å². The van der Waals surface area contributed by atoms with Gasteiger partial charge in [0, 0.05) is 50.6 Å². The van der Waals surface area contributed by atoms with Crippen molar-refractivity contribution in [1.29, 1.82) is 0 Å². The summed E-state index contributed by atoms with van der Waals surface area (Å²) in [7, 11) is -2.18. The van der Waals surface area contributed by atoms with Gasteiger partial charge in [-0.05, 0) is 69.0 Å². The maximum atomic E-state index is 4.76. The van der Waals surface area contributed by atoms with Gasteiger partial charge < -0.3 is 4.57 Å². The third-order valence-corrected chi connectivity index (χ3v) is 11.7. The van der Waals surface area contributed by atoms with E-state index in [1.165, 1.54) is 37.7 Å². The third kappa shape index (κ3) is 4.89. The fourth-order valence-electron chi connectivity index (χ4n) is 6.08. The van der Waals surface area contributed by atoms with Gasteiger partial charge in [0.15, 0.2) is 17.4 Å². The van der Waals surface area contributed by atoms with Gasteiger partial charge in [0.1, 0.15) is 5.82 Å². The summed E-state index contributed by atoms with van der Waals surface area (Å²) in [5.74, 6) is 0.925. The Labute approximate surface area is 268 Å². The molecule has 0 saturated carbocycles. The number of fused-ring (bicyclic) bond motifs is 4. The van der Waals surface area contributed by atoms with Gasteiger partial charge in [-0.15, -0.1) is 17.5 Å². The van der Waals surface area contributed by atoms with Crippen LogP contribution in [0.1, 0.15) is 26.3 Å². The van der Waals surface area contributed by atoms with Crippen LogP contribution in [0.2, 0.25) is 13.1 Å². The average molecular weight is 759 g/mol. The van der Waals surface area contributed by atoms with E-state index in [1.807, 2.05) is 12.3 Å². The summed E-state index contributed by atoms with van der Waals surface area (Å²) in [4.78, 5) is 4.76. The Morgan fingerprint density at radius 2 is 1.44 bits per heavy atom. The zero-order valence-corrected chi connectivity index (χ0v) is 28.7. The number of pyridine rings is 1. The predicted molar refractivity (Wildman–Crippen MR) is 178 cm³/mol. The molecule has 0 atom stereocenters. The SMILES string of the molecule is Cc1ccnc(-n2c3[c-]c([Si](C)(C)c4[c-]c(-n5[cH+]n(C(C)(C)C)c6ccccc65)ccc4)ccc3c3ccccc32)c1.[Pt]. The topological polar surface area (TPSA) is 27.7 Å². The Morgan fingerprint density at radius 1 is 0.744 bits per heavy atom. The molecule has 0 aliphatic carbocycles. The van der Waals surface area contributed by atoms with Gasteiger partial charge in [-0.3, -0.25) is 0 Å². The zero-order valence-electron chi connectivity index (χ0n) is 25.4. The van der Waals surface area contributed by atoms with Crippen LogP contribution >= 0.6 is 0 Å². The second kappa shape index (κ2) is 10.7. The van der Waals surface area contributed by atoms with Gasteiger partial charge in [0.25, 0.3) is 0 Å². The summed E-state index contributed by atoms with van der Waals surface area (Å²) in [5, 5.41) is 4.93. The fourth-order valence-corrected chi connectivity index (χ4v) is 8.26. The second-order valence-corrected chi connectivity index (χ2v) is 17.1. The van der Waals surface area contributed by atoms with Crippen molar-refractivity contribution in [2.24, 2.45) is 0 Å². The van der Waals surface area contributed by atoms with Crippen molar-refractivity contribution in [3.05, 3.63) is 121 Å². The van der Waals surface area contributed by atoms with E-state index in [9.17, 15) is 0 Å². The molecule has 4 nitrogen and oxygen atoms in total. The largest absolute Gasteiger partial charge is 0.319 e. The van der Waals surface area contributed by atoms with Crippen LogP contribution in [0.25, 0.3) is 44.3 Å². The maximum absolute atomic E-state index is 4.76. The van der Waals surface area contributed by atoms with E-state index in [0.717, 1.165) is 22.5 Å². The third-order valence-electron chi connectivity index (χ3n) is 8.45. The number of imidazole rings is 1. The van der Waals surface area contributed by atoms with Crippen LogP contribution in [0.3, 0.4) is 0 Å². The summed E-state index contributed by atoms with van der Waals surface area (Å²) in [6.07, 6.45) is 4.11. The van der Waals surface area contributed by atoms with Crippen LogP contribution in [0, 0.1) is 19.1 Å². The summed E-state index contributed by atoms with van der Waals surface area (Å²) in [6, 6.07) is 40.3. The van der Waals surface area contributed by atoms with Crippen molar-refractivity contribution in [2.75, 3.05) is 0 Å². The van der Waals surface area contributed by atoms with Gasteiger partial charge in [-0.2, -0.15) is 40.7 Å². The molecule has 0 bridgehead atoms. The van der Waals surface area contributed by atoms with Crippen LogP contribution in [-0.2, 0) is 26.6 Å². The molecule has 0 unspecified atom stereocenters. The van der Waals surface area contributed by atoms with Gasteiger partial charge in [-0.25, -0.2) is 14.1 Å². The molecule has 0 N–H and O–H groups in total. The van der Waals surface area contributed by atoms with Gasteiger partial charge in [-0.1, -0.05) is 36.8 Å². The molecule has 0 fully saturated rings. The molecule has 43 heavy (non-hydrogen) atoms. The van der Waals surface area contributed by atoms with Crippen LogP contribution in [0.4, 0.5) is 0 Å². The number of hydrogen-bond acceptors (Lipinski definition) is 1. The van der Waals surface area contributed by atoms with E-state index >= 15 is 0 Å². The molecular formula is C37H35N4PtSi-. The van der Waals surface area contributed by atoms with Crippen molar-refractivity contribution >= 4 is 51.3 Å². The number of aryl methyl sites for hydroxylation is 1. The molecule has 0 amide bonds. The molecule has 0 aliphatic rings. The first kappa shape index (κ1) is 29.3. The van der Waals surface area contributed by atoms with Gasteiger partial charge in [0.2, 0.25) is 0 Å². The number of hydrogen-bond donors (Lipinski definition) is 0. The van der Waals surface area contributed by atoms with Crippen LogP contribution in [-0.4, -0.2) is 26.8 Å². The first-order valence-electron chi connectivity index (χ1n) is 14.6. The molecule has 0 aliphatic heterocycles. The smallest absolute Gasteiger partial charge is 0.188 e. The molecule has 218 valence electrons. The molecule has 6 heteroatoms. The standard InChI is InChI=1S/C37H35N4Si.Pt/c1-26-20-21-38-36(22-26)41-32-15-8-7-14-30(32)31-19-18-29(24-35(31)41)42(5,6)28-13-11-12-27(23-28)39-25-40(37(2,3)4)34-17-10-9-16-33(34)39;/h7-22,25H,1-6H3;/q-1;. The molecule has 7 aromatic rings. The number of aromatic nitrogens is 4. The monoisotopic (exact) mass is 758 g/mol. The van der Waals surface area contributed by atoms with Gasteiger partial charge in [0.05, 0.1) is 13.6 Å². The number of para-hydroxylation sites is 3. The summed E-state index contributed by atoms with van der Waals surface area (Å²) in [6.45, 7) is 13.7. The molecular weight excluding hydrogens is 724 g/mol. The number of benzene rings is 4. The predicted octanol–water partition coefficient (Wildman–Crippen LogP) is 7.69. The number of rotatable bonds is 4. The van der Waals surface area contributed by atoms with E-state index in [4.69, 9.17) is 4.98 Å². The minimum atomic E-state index is -2.18. The first-order valence-corrected chi connectivity index (χ1v) is 17.6. The molecule has 0 spiro atoms. The second-order valence-electron chi connectivity index (χ2n) is 12.8. The average Bonchev–Trinajstić information content (AvgIpc) is 3.54. The normalized spacial score (nSPS) is 12.2. The summed E-state index contributed by atoms with van der Waals surface area (Å²) in [5.41, 5.74) is 6.84. The quantitative estimate of drug-likeness (QED) is 0.134. The molecule has 4 aromatic carbocycles. The van der Waals surface area contributed by atoms with E-state index in [0.29, 0.717) is 0 Å². The Hall–Kier alpha value is -3.79. The van der Waals surface area contributed by atoms with Crippen LogP contribution in [0.5, 0.6) is 0 Å². The minimum absolute atomic E-state index is 0.